The SMILES string of the molecule is O=C(NC12CC(n3cc(-c4ccc(OC(F)(F)F)cn4)cn3)(C1)C2)[C@H]1C[C@@H](O)c2cc(Cl)c(F)cc2O1. The van der Waals surface area contributed by atoms with Crippen molar-refractivity contribution < 1.29 is 36.9 Å². The van der Waals surface area contributed by atoms with Gasteiger partial charge >= 0.3 is 6.36 Å². The van der Waals surface area contributed by atoms with E-state index in [0.29, 0.717) is 36.1 Å². The van der Waals surface area contributed by atoms with Gasteiger partial charge in [0, 0.05) is 35.3 Å². The number of pyridine rings is 1. The monoisotopic (exact) mass is 538 g/mol. The Labute approximate surface area is 212 Å². The Bertz CT molecular complexity index is 1370. The van der Waals surface area contributed by atoms with Gasteiger partial charge in [0.2, 0.25) is 0 Å². The van der Waals surface area contributed by atoms with Crippen LogP contribution < -0.4 is 14.8 Å². The average Bonchev–Trinajstić information content (AvgIpc) is 3.25. The number of benzene rings is 1. The van der Waals surface area contributed by atoms with Crippen LogP contribution in [0.5, 0.6) is 11.5 Å². The molecule has 0 radical (unpaired) electrons. The second kappa shape index (κ2) is 8.06. The molecule has 4 aliphatic rings. The summed E-state index contributed by atoms with van der Waals surface area (Å²) in [5.74, 6) is -1.41. The normalized spacial score (nSPS) is 27.8. The van der Waals surface area contributed by atoms with Crippen LogP contribution in [0.25, 0.3) is 11.3 Å². The van der Waals surface area contributed by atoms with E-state index in [1.807, 2.05) is 0 Å². The Hall–Kier alpha value is -3.38. The number of hydrogen-bond donors (Lipinski definition) is 2. The van der Waals surface area contributed by atoms with Crippen molar-refractivity contribution in [3.05, 3.63) is 59.3 Å². The fraction of sp³-hybridized carbons (Fsp3) is 0.375. The third-order valence-electron chi connectivity index (χ3n) is 7.14. The van der Waals surface area contributed by atoms with Crippen molar-refractivity contribution in [2.75, 3.05) is 0 Å². The quantitative estimate of drug-likeness (QED) is 0.471. The Morgan fingerprint density at radius 3 is 2.68 bits per heavy atom. The molecule has 0 saturated heterocycles. The largest absolute Gasteiger partial charge is 0.573 e. The summed E-state index contributed by atoms with van der Waals surface area (Å²) in [5.41, 5.74) is 0.729. The van der Waals surface area contributed by atoms with E-state index in [4.69, 9.17) is 16.3 Å². The Morgan fingerprint density at radius 2 is 2.00 bits per heavy atom. The molecular formula is C24H19ClF4N4O4. The van der Waals surface area contributed by atoms with Gasteiger partial charge < -0.3 is 19.9 Å². The molecule has 3 aromatic rings. The van der Waals surface area contributed by atoms with Gasteiger partial charge in [0.15, 0.2) is 6.10 Å². The van der Waals surface area contributed by atoms with E-state index < -0.39 is 35.7 Å². The number of alkyl halides is 3. The lowest BCUT2D eigenvalue weighted by atomic mass is 9.44. The molecule has 0 spiro atoms. The topological polar surface area (TPSA) is 98.5 Å². The van der Waals surface area contributed by atoms with E-state index in [1.54, 1.807) is 17.1 Å². The molecule has 3 fully saturated rings. The summed E-state index contributed by atoms with van der Waals surface area (Å²) < 4.78 is 62.2. The minimum Gasteiger partial charge on any atom is -0.480 e. The Balaban J connectivity index is 1.08. The second-order valence-corrected chi connectivity index (χ2v) is 10.2. The molecule has 37 heavy (non-hydrogen) atoms. The number of hydrogen-bond acceptors (Lipinski definition) is 6. The smallest absolute Gasteiger partial charge is 0.480 e. The number of aliphatic hydroxyl groups excluding tert-OH is 1. The van der Waals surface area contributed by atoms with Crippen LogP contribution in [0.3, 0.4) is 0 Å². The maximum atomic E-state index is 13.8. The minimum atomic E-state index is -4.79. The highest BCUT2D eigenvalue weighted by atomic mass is 35.5. The molecule has 7 rings (SSSR count). The van der Waals surface area contributed by atoms with E-state index in [0.717, 1.165) is 12.3 Å². The number of aliphatic hydroxyl groups is 1. The number of rotatable bonds is 5. The molecule has 2 bridgehead atoms. The van der Waals surface area contributed by atoms with Gasteiger partial charge in [0.25, 0.3) is 5.91 Å². The first-order valence-electron chi connectivity index (χ1n) is 11.4. The van der Waals surface area contributed by atoms with Crippen molar-refractivity contribution in [2.45, 2.75) is 55.3 Å². The highest BCUT2D eigenvalue weighted by Crippen LogP contribution is 2.65. The van der Waals surface area contributed by atoms with Crippen LogP contribution in [0.15, 0.2) is 42.9 Å². The molecule has 3 saturated carbocycles. The molecule has 2 aromatic heterocycles. The molecule has 8 nitrogen and oxygen atoms in total. The maximum absolute atomic E-state index is 13.8. The Kier molecular flexibility index (Phi) is 5.22. The lowest BCUT2D eigenvalue weighted by molar-refractivity contribution is -0.274. The number of fused-ring (bicyclic) bond motifs is 1. The van der Waals surface area contributed by atoms with Crippen LogP contribution in [0.1, 0.15) is 37.4 Å². The van der Waals surface area contributed by atoms with Gasteiger partial charge in [-0.05, 0) is 37.5 Å². The standard InChI is InChI=1S/C24H19ClF4N4O4/c25-15-3-14-18(34)5-20(36-19(14)4-16(15)26)21(35)32-22-9-23(10-22,11-22)33-8-12(6-31-33)17-2-1-13(7-30-17)37-24(27,28)29/h1-4,6-8,18,20,34H,5,9-11H2,(H,32,35)/t18-,20-,22?,23?/m1/s1. The lowest BCUT2D eigenvalue weighted by Crippen LogP contribution is -2.79. The van der Waals surface area contributed by atoms with Crippen LogP contribution >= 0.6 is 11.6 Å². The molecule has 0 unspecified atom stereocenters. The van der Waals surface area contributed by atoms with Crippen molar-refractivity contribution >= 4 is 17.5 Å². The first kappa shape index (κ1) is 24.0. The summed E-state index contributed by atoms with van der Waals surface area (Å²) in [4.78, 5) is 16.9. The number of carbonyl (C=O) groups is 1. The van der Waals surface area contributed by atoms with Gasteiger partial charge in [-0.3, -0.25) is 14.5 Å². The highest BCUT2D eigenvalue weighted by molar-refractivity contribution is 6.30. The number of carbonyl (C=O) groups excluding carboxylic acids is 1. The van der Waals surface area contributed by atoms with E-state index >= 15 is 0 Å². The van der Waals surface area contributed by atoms with Crippen molar-refractivity contribution in [1.29, 1.82) is 0 Å². The summed E-state index contributed by atoms with van der Waals surface area (Å²) in [7, 11) is 0. The van der Waals surface area contributed by atoms with E-state index in [-0.39, 0.29) is 28.6 Å². The summed E-state index contributed by atoms with van der Waals surface area (Å²) in [6, 6.07) is 4.97. The van der Waals surface area contributed by atoms with Gasteiger partial charge in [-0.15, -0.1) is 13.2 Å². The summed E-state index contributed by atoms with van der Waals surface area (Å²) in [6.07, 6.45) is -0.502. The molecule has 13 heteroatoms. The number of aromatic nitrogens is 3. The summed E-state index contributed by atoms with van der Waals surface area (Å²) in [6.45, 7) is 0. The third kappa shape index (κ3) is 4.17. The number of halogens is 5. The van der Waals surface area contributed by atoms with Gasteiger partial charge in [-0.2, -0.15) is 5.10 Å². The van der Waals surface area contributed by atoms with Crippen molar-refractivity contribution in [1.82, 2.24) is 20.1 Å². The van der Waals surface area contributed by atoms with Gasteiger partial charge in [-0.25, -0.2) is 4.39 Å². The van der Waals surface area contributed by atoms with E-state index in [1.165, 1.54) is 18.2 Å². The molecule has 2 N–H and O–H groups in total. The van der Waals surface area contributed by atoms with Crippen LogP contribution in [-0.2, 0) is 10.3 Å². The third-order valence-corrected chi connectivity index (χ3v) is 7.43. The van der Waals surface area contributed by atoms with Crippen molar-refractivity contribution in [3.8, 4) is 22.8 Å². The zero-order chi connectivity index (χ0) is 26.2. The summed E-state index contributed by atoms with van der Waals surface area (Å²) in [5, 5.41) is 17.7. The molecule has 3 heterocycles. The first-order chi connectivity index (χ1) is 17.4. The number of nitrogens with one attached hydrogen (secondary N) is 1. The van der Waals surface area contributed by atoms with Crippen LogP contribution in [0, 0.1) is 5.82 Å². The minimum absolute atomic E-state index is 0.0182. The molecular weight excluding hydrogens is 520 g/mol. The van der Waals surface area contributed by atoms with Gasteiger partial charge in [-0.1, -0.05) is 11.6 Å². The predicted molar refractivity (Wildman–Crippen MR) is 120 cm³/mol. The maximum Gasteiger partial charge on any atom is 0.573 e. The number of ether oxygens (including phenoxy) is 2. The van der Waals surface area contributed by atoms with Crippen LogP contribution in [0.4, 0.5) is 17.6 Å². The molecule has 1 aliphatic heterocycles. The Morgan fingerprint density at radius 1 is 1.24 bits per heavy atom. The summed E-state index contributed by atoms with van der Waals surface area (Å²) >= 11 is 5.78. The highest BCUT2D eigenvalue weighted by Gasteiger charge is 2.70. The number of amides is 1. The molecule has 1 aromatic carbocycles. The fourth-order valence-electron chi connectivity index (χ4n) is 5.51. The lowest BCUT2D eigenvalue weighted by Gasteiger charge is -2.70. The van der Waals surface area contributed by atoms with Crippen molar-refractivity contribution in [3.63, 3.8) is 0 Å². The van der Waals surface area contributed by atoms with Crippen LogP contribution in [-0.4, -0.2) is 43.8 Å². The van der Waals surface area contributed by atoms with E-state index in [9.17, 15) is 27.5 Å². The first-order valence-corrected chi connectivity index (χ1v) is 11.8. The van der Waals surface area contributed by atoms with Crippen molar-refractivity contribution in [2.24, 2.45) is 0 Å². The number of nitrogens with zero attached hydrogens (tertiary/aromatic N) is 3. The zero-order valence-corrected chi connectivity index (χ0v) is 19.7. The van der Waals surface area contributed by atoms with Crippen LogP contribution in [0.2, 0.25) is 5.02 Å². The molecule has 194 valence electrons. The molecule has 1 amide bonds. The average molecular weight is 539 g/mol. The zero-order valence-electron chi connectivity index (χ0n) is 18.9. The fourth-order valence-corrected chi connectivity index (χ4v) is 5.68. The predicted octanol–water partition coefficient (Wildman–Crippen LogP) is 4.27. The van der Waals surface area contributed by atoms with Gasteiger partial charge in [0.1, 0.15) is 17.3 Å². The van der Waals surface area contributed by atoms with Gasteiger partial charge in [0.05, 0.1) is 34.8 Å². The molecule has 2 atom stereocenters. The molecule has 3 aliphatic carbocycles. The second-order valence-electron chi connectivity index (χ2n) is 9.79. The van der Waals surface area contributed by atoms with E-state index in [2.05, 4.69) is 20.1 Å².